The number of aliphatic hydroxyl groups is 1. The maximum absolute atomic E-state index is 13.1. The number of hydrogen-bond donors (Lipinski definition) is 10. The lowest BCUT2D eigenvalue weighted by atomic mass is 10.1. The molecule has 45 heavy (non-hydrogen) atoms. The Hall–Kier alpha value is -4.85. The molecule has 14 N–H and O–H groups in total. The van der Waals surface area contributed by atoms with Crippen LogP contribution in [-0.4, -0.2) is 117 Å². The van der Waals surface area contributed by atoms with Gasteiger partial charge in [-0.25, -0.2) is 4.79 Å². The maximum atomic E-state index is 13.1. The quantitative estimate of drug-likeness (QED) is 0.0667. The molecule has 0 aliphatic carbocycles. The Labute approximate surface area is 257 Å². The van der Waals surface area contributed by atoms with Crippen LogP contribution in [0.25, 0.3) is 0 Å². The fourth-order valence-electron chi connectivity index (χ4n) is 4.39. The zero-order chi connectivity index (χ0) is 34.6. The van der Waals surface area contributed by atoms with Gasteiger partial charge in [0.25, 0.3) is 0 Å². The summed E-state index contributed by atoms with van der Waals surface area (Å²) in [5, 5.41) is 28.4. The molecule has 1 rings (SSSR count). The van der Waals surface area contributed by atoms with E-state index in [0.717, 1.165) is 11.8 Å². The van der Waals surface area contributed by atoms with E-state index in [0.29, 0.717) is 6.42 Å². The molecule has 20 heteroatoms. The molecule has 1 saturated heterocycles. The van der Waals surface area contributed by atoms with E-state index in [1.807, 2.05) is 0 Å². The van der Waals surface area contributed by atoms with Crippen molar-refractivity contribution in [1.29, 1.82) is 0 Å². The molecule has 1 heterocycles. The van der Waals surface area contributed by atoms with Gasteiger partial charge in [0.2, 0.25) is 47.3 Å². The number of aliphatic carboxylic acids is 1. The summed E-state index contributed by atoms with van der Waals surface area (Å²) < 4.78 is 0. The van der Waals surface area contributed by atoms with Gasteiger partial charge in [0.15, 0.2) is 0 Å². The molecule has 20 nitrogen and oxygen atoms in total. The van der Waals surface area contributed by atoms with Crippen LogP contribution in [-0.2, 0) is 43.2 Å². The van der Waals surface area contributed by atoms with Crippen molar-refractivity contribution in [3.63, 3.8) is 0 Å². The van der Waals surface area contributed by atoms with E-state index >= 15 is 0 Å². The molecule has 0 radical (unpaired) electrons. The number of rotatable bonds is 18. The summed E-state index contributed by atoms with van der Waals surface area (Å²) in [7, 11) is 0. The summed E-state index contributed by atoms with van der Waals surface area (Å²) in [6.45, 7) is 2.56. The Morgan fingerprint density at radius 3 is 1.84 bits per heavy atom. The molecule has 0 aromatic rings. The third kappa shape index (κ3) is 12.3. The van der Waals surface area contributed by atoms with Gasteiger partial charge in [0.05, 0.1) is 25.0 Å². The first-order valence-electron chi connectivity index (χ1n) is 13.9. The Kier molecular flexibility index (Phi) is 14.8. The first kappa shape index (κ1) is 38.2. The minimum atomic E-state index is -1.77. The van der Waals surface area contributed by atoms with Gasteiger partial charge in [-0.15, -0.1) is 0 Å². The van der Waals surface area contributed by atoms with Crippen LogP contribution >= 0.6 is 0 Å². The standard InChI is InChI=1S/C25H41N9O11/c1-10(24(43)34-7-3-4-15(34)25(44)45)30-23(42)19(11(2)35)33-22(41)14(9-18(29)38)32-21(40)13(5-6-16(27)36)31-20(39)12(26)8-17(28)37/h10-15,19,35H,3-9,26H2,1-2H3,(H2,27,36)(H2,28,37)(H2,29,38)(H,30,42)(H,31,39)(H,32,40)(H,33,41)(H,44,45)/t10-,11+,12-,13-,14-,15-,19-/m0/s1. The van der Waals surface area contributed by atoms with E-state index in [-0.39, 0.29) is 19.4 Å². The molecular formula is C25H41N9O11. The number of nitrogens with two attached hydrogens (primary N) is 4. The van der Waals surface area contributed by atoms with Gasteiger partial charge in [0, 0.05) is 13.0 Å². The van der Waals surface area contributed by atoms with Gasteiger partial charge in [-0.05, 0) is 33.1 Å². The van der Waals surface area contributed by atoms with Crippen molar-refractivity contribution in [3.05, 3.63) is 0 Å². The van der Waals surface area contributed by atoms with E-state index in [1.165, 1.54) is 6.92 Å². The molecule has 0 bridgehead atoms. The maximum Gasteiger partial charge on any atom is 0.326 e. The summed E-state index contributed by atoms with van der Waals surface area (Å²) >= 11 is 0. The van der Waals surface area contributed by atoms with Crippen molar-refractivity contribution in [2.75, 3.05) is 6.54 Å². The first-order chi connectivity index (χ1) is 20.8. The molecule has 0 spiro atoms. The Morgan fingerprint density at radius 2 is 1.33 bits per heavy atom. The SMILES string of the molecule is C[C@H](NC(=O)[C@@H](NC(=O)[C@H](CC(N)=O)NC(=O)[C@H](CCC(N)=O)NC(=O)[C@@H](N)CC(N)=O)[C@@H](C)O)C(=O)N1CCC[C@H]1C(=O)O. The molecule has 0 saturated carbocycles. The van der Waals surface area contributed by atoms with Crippen LogP contribution in [0.15, 0.2) is 0 Å². The Bertz CT molecular complexity index is 1180. The third-order valence-electron chi connectivity index (χ3n) is 6.72. The second kappa shape index (κ2) is 17.4. The van der Waals surface area contributed by atoms with Gasteiger partial charge >= 0.3 is 5.97 Å². The van der Waals surface area contributed by atoms with E-state index in [1.54, 1.807) is 0 Å². The van der Waals surface area contributed by atoms with Crippen LogP contribution in [0.1, 0.15) is 52.4 Å². The number of primary amides is 3. The molecule has 7 atom stereocenters. The Morgan fingerprint density at radius 1 is 0.778 bits per heavy atom. The molecule has 0 unspecified atom stereocenters. The van der Waals surface area contributed by atoms with Crippen LogP contribution in [0, 0.1) is 0 Å². The van der Waals surface area contributed by atoms with Gasteiger partial charge in [-0.3, -0.25) is 38.4 Å². The molecule has 1 fully saturated rings. The Balaban J connectivity index is 3.08. The molecule has 0 aromatic heterocycles. The van der Waals surface area contributed by atoms with Gasteiger partial charge in [0.1, 0.15) is 30.2 Å². The predicted molar refractivity (Wildman–Crippen MR) is 151 cm³/mol. The highest BCUT2D eigenvalue weighted by Crippen LogP contribution is 2.18. The van der Waals surface area contributed by atoms with E-state index in [2.05, 4.69) is 21.3 Å². The topological polar surface area (TPSA) is 350 Å². The van der Waals surface area contributed by atoms with Crippen molar-refractivity contribution in [1.82, 2.24) is 26.2 Å². The van der Waals surface area contributed by atoms with Gasteiger partial charge < -0.3 is 59.3 Å². The monoisotopic (exact) mass is 643 g/mol. The second-order valence-corrected chi connectivity index (χ2v) is 10.6. The number of nitrogens with one attached hydrogen (secondary N) is 4. The number of carboxylic acid groups (broad SMARTS) is 1. The van der Waals surface area contributed by atoms with Crippen molar-refractivity contribution in [3.8, 4) is 0 Å². The average Bonchev–Trinajstić information content (AvgIpc) is 3.42. The normalized spacial score (nSPS) is 18.2. The summed E-state index contributed by atoms with van der Waals surface area (Å²) in [4.78, 5) is 111. The number of carbonyl (C=O) groups excluding carboxylic acids is 8. The number of carbonyl (C=O) groups is 9. The van der Waals surface area contributed by atoms with Crippen LogP contribution < -0.4 is 44.2 Å². The second-order valence-electron chi connectivity index (χ2n) is 10.6. The number of nitrogens with zero attached hydrogens (tertiary/aromatic N) is 1. The highest BCUT2D eigenvalue weighted by Gasteiger charge is 2.38. The van der Waals surface area contributed by atoms with Crippen LogP contribution in [0.2, 0.25) is 0 Å². The van der Waals surface area contributed by atoms with E-state index in [4.69, 9.17) is 22.9 Å². The number of hydrogen-bond acceptors (Lipinski definition) is 11. The fraction of sp³-hybridized carbons (Fsp3) is 0.640. The smallest absolute Gasteiger partial charge is 0.326 e. The highest BCUT2D eigenvalue weighted by atomic mass is 16.4. The minimum absolute atomic E-state index is 0.152. The van der Waals surface area contributed by atoms with Crippen LogP contribution in [0.4, 0.5) is 0 Å². The molecular weight excluding hydrogens is 602 g/mol. The fourth-order valence-corrected chi connectivity index (χ4v) is 4.39. The summed E-state index contributed by atoms with van der Waals surface area (Å²) in [5.41, 5.74) is 20.9. The minimum Gasteiger partial charge on any atom is -0.480 e. The molecule has 1 aliphatic rings. The summed E-state index contributed by atoms with van der Waals surface area (Å²) in [5.74, 6) is -9.10. The zero-order valence-electron chi connectivity index (χ0n) is 24.8. The van der Waals surface area contributed by atoms with E-state index in [9.17, 15) is 53.4 Å². The highest BCUT2D eigenvalue weighted by molar-refractivity contribution is 5.98. The molecule has 252 valence electrons. The van der Waals surface area contributed by atoms with Crippen molar-refractivity contribution >= 4 is 53.2 Å². The molecule has 8 amide bonds. The average molecular weight is 644 g/mol. The molecule has 0 aromatic carbocycles. The lowest BCUT2D eigenvalue weighted by molar-refractivity contribution is -0.149. The number of carboxylic acids is 1. The van der Waals surface area contributed by atoms with Crippen molar-refractivity contribution in [2.24, 2.45) is 22.9 Å². The van der Waals surface area contributed by atoms with Gasteiger partial charge in [-0.1, -0.05) is 0 Å². The van der Waals surface area contributed by atoms with E-state index < -0.39 is 115 Å². The number of amides is 8. The van der Waals surface area contributed by atoms with Gasteiger partial charge in [-0.2, -0.15) is 0 Å². The zero-order valence-corrected chi connectivity index (χ0v) is 24.8. The lowest BCUT2D eigenvalue weighted by Crippen LogP contribution is -2.61. The summed E-state index contributed by atoms with van der Waals surface area (Å²) in [6.07, 6.45) is -3.09. The lowest BCUT2D eigenvalue weighted by Gasteiger charge is -2.28. The van der Waals surface area contributed by atoms with Crippen LogP contribution in [0.3, 0.4) is 0 Å². The van der Waals surface area contributed by atoms with Crippen molar-refractivity contribution in [2.45, 2.75) is 94.7 Å². The summed E-state index contributed by atoms with van der Waals surface area (Å²) in [6, 6.07) is -8.83. The van der Waals surface area contributed by atoms with Crippen LogP contribution in [0.5, 0.6) is 0 Å². The third-order valence-corrected chi connectivity index (χ3v) is 6.72. The molecule has 1 aliphatic heterocycles. The largest absolute Gasteiger partial charge is 0.480 e. The first-order valence-corrected chi connectivity index (χ1v) is 13.9. The number of likely N-dealkylation sites (tertiary alicyclic amines) is 1. The van der Waals surface area contributed by atoms with Crippen molar-refractivity contribution < 1.29 is 53.4 Å². The number of aliphatic hydroxyl groups excluding tert-OH is 1. The predicted octanol–water partition coefficient (Wildman–Crippen LogP) is -6.25.